The zero-order valence-corrected chi connectivity index (χ0v) is 18.1. The number of H-pyrrole nitrogens is 2. The molecule has 4 rings (SSSR count). The summed E-state index contributed by atoms with van der Waals surface area (Å²) in [6.07, 6.45) is 1.18. The van der Waals surface area contributed by atoms with E-state index in [-0.39, 0.29) is 16.6 Å². The van der Waals surface area contributed by atoms with Crippen LogP contribution in [-0.2, 0) is 4.74 Å². The van der Waals surface area contributed by atoms with Gasteiger partial charge in [-0.25, -0.2) is 9.67 Å². The second-order valence-corrected chi connectivity index (χ2v) is 8.20. The number of nitrogens with zero attached hydrogens (tertiary/aromatic N) is 4. The Balaban J connectivity index is 2.02. The summed E-state index contributed by atoms with van der Waals surface area (Å²) < 4.78 is 48.2. The van der Waals surface area contributed by atoms with Gasteiger partial charge in [0.25, 0.3) is 5.56 Å². The number of pyridine rings is 1. The Kier molecular flexibility index (Phi) is 5.75. The van der Waals surface area contributed by atoms with Crippen molar-refractivity contribution in [2.45, 2.75) is 25.6 Å². The predicted molar refractivity (Wildman–Crippen MR) is 119 cm³/mol. The molecule has 174 valence electrons. The number of fused-ring (bicyclic) bond motifs is 1. The van der Waals surface area contributed by atoms with E-state index in [4.69, 9.17) is 4.74 Å². The number of halogens is 3. The number of hydrogen-bond acceptors (Lipinski definition) is 5. The Labute approximate surface area is 187 Å². The monoisotopic (exact) mass is 460 g/mol. The van der Waals surface area contributed by atoms with Gasteiger partial charge in [-0.2, -0.15) is 18.3 Å². The molecular weight excluding hydrogens is 437 g/mol. The lowest BCUT2D eigenvalue weighted by atomic mass is 10.0. The Hall–Kier alpha value is -3.60. The van der Waals surface area contributed by atoms with Crippen LogP contribution in [0.2, 0.25) is 0 Å². The van der Waals surface area contributed by atoms with Gasteiger partial charge in [0.1, 0.15) is 11.6 Å². The van der Waals surface area contributed by atoms with E-state index in [0.29, 0.717) is 31.4 Å². The van der Waals surface area contributed by atoms with Gasteiger partial charge >= 0.3 is 6.18 Å². The van der Waals surface area contributed by atoms with Gasteiger partial charge in [0.2, 0.25) is 0 Å². The topological polar surface area (TPSA) is 91.8 Å². The molecule has 0 amide bonds. The molecule has 11 heteroatoms. The van der Waals surface area contributed by atoms with E-state index in [1.807, 2.05) is 18.7 Å². The summed E-state index contributed by atoms with van der Waals surface area (Å²) in [4.78, 5) is 19.5. The first-order valence-electron chi connectivity index (χ1n) is 10.2. The van der Waals surface area contributed by atoms with Gasteiger partial charge in [-0.3, -0.25) is 15.0 Å². The van der Waals surface area contributed by atoms with Gasteiger partial charge in [-0.1, -0.05) is 24.8 Å². The van der Waals surface area contributed by atoms with Crippen molar-refractivity contribution in [2.75, 3.05) is 24.7 Å². The average molecular weight is 460 g/mol. The highest BCUT2D eigenvalue weighted by Gasteiger charge is 2.34. The minimum Gasteiger partial charge on any atom is -0.377 e. The number of alkyl halides is 3. The summed E-state index contributed by atoms with van der Waals surface area (Å²) in [6.45, 7) is 8.72. The molecule has 2 N–H and O–H groups in total. The molecule has 3 aromatic heterocycles. The highest BCUT2D eigenvalue weighted by Crippen LogP contribution is 2.33. The highest BCUT2D eigenvalue weighted by molar-refractivity contribution is 5.89. The standard InChI is InChI=1S/C22H23F3N6O2/c1-4-5-6-15(22(23,24)25)11-14-12-17(30-9-10-33-13-21(30,2)3)27-19-18(14)20(32)29-31(19)16-7-8-26-28-16/h4-8,11-12H,1,9-10,13H2,2-3H3,(H,26,28)(H,29,32)/b6-5-,15-11-. The maximum atomic E-state index is 13.7. The minimum absolute atomic E-state index is 0.0353. The van der Waals surface area contributed by atoms with Crippen LogP contribution in [0, 0.1) is 0 Å². The first kappa shape index (κ1) is 22.6. The second-order valence-electron chi connectivity index (χ2n) is 8.20. The van der Waals surface area contributed by atoms with Crippen LogP contribution in [-0.4, -0.2) is 56.4 Å². The van der Waals surface area contributed by atoms with E-state index in [9.17, 15) is 18.0 Å². The summed E-state index contributed by atoms with van der Waals surface area (Å²) in [5, 5.41) is 9.30. The molecule has 1 aliphatic heterocycles. The number of anilines is 1. The third-order valence-corrected chi connectivity index (χ3v) is 5.37. The van der Waals surface area contributed by atoms with Crippen molar-refractivity contribution in [3.05, 3.63) is 64.6 Å². The van der Waals surface area contributed by atoms with Crippen molar-refractivity contribution in [1.82, 2.24) is 25.0 Å². The number of allylic oxidation sites excluding steroid dienone is 4. The number of morpholine rings is 1. The van der Waals surface area contributed by atoms with E-state index >= 15 is 0 Å². The Morgan fingerprint density at radius 1 is 1.36 bits per heavy atom. The van der Waals surface area contributed by atoms with Gasteiger partial charge in [-0.05, 0) is 31.6 Å². The molecule has 0 bridgehead atoms. The van der Waals surface area contributed by atoms with Gasteiger partial charge in [0.05, 0.1) is 35.9 Å². The molecule has 0 atom stereocenters. The number of nitrogens with one attached hydrogen (secondary N) is 2. The van der Waals surface area contributed by atoms with Gasteiger partial charge in [0.15, 0.2) is 5.65 Å². The fraction of sp³-hybridized carbons (Fsp3) is 0.318. The van der Waals surface area contributed by atoms with E-state index < -0.39 is 22.8 Å². The van der Waals surface area contributed by atoms with Crippen LogP contribution in [0.4, 0.5) is 19.0 Å². The number of aromatic amines is 2. The van der Waals surface area contributed by atoms with Crippen LogP contribution < -0.4 is 10.5 Å². The van der Waals surface area contributed by atoms with Gasteiger partial charge in [-0.15, -0.1) is 0 Å². The number of rotatable bonds is 5. The lowest BCUT2D eigenvalue weighted by Gasteiger charge is -2.43. The van der Waals surface area contributed by atoms with E-state index in [1.54, 1.807) is 6.07 Å². The van der Waals surface area contributed by atoms with Crippen molar-refractivity contribution < 1.29 is 17.9 Å². The van der Waals surface area contributed by atoms with Gasteiger partial charge < -0.3 is 9.64 Å². The molecule has 0 radical (unpaired) electrons. The van der Waals surface area contributed by atoms with Crippen LogP contribution in [0.25, 0.3) is 22.9 Å². The maximum Gasteiger partial charge on any atom is 0.416 e. The average Bonchev–Trinajstić information content (AvgIpc) is 3.38. The lowest BCUT2D eigenvalue weighted by molar-refractivity contribution is -0.0872. The van der Waals surface area contributed by atoms with Crippen molar-refractivity contribution in [3.8, 4) is 5.82 Å². The molecule has 1 fully saturated rings. The van der Waals surface area contributed by atoms with E-state index in [1.165, 1.54) is 29.1 Å². The maximum absolute atomic E-state index is 13.7. The van der Waals surface area contributed by atoms with Crippen molar-refractivity contribution in [1.29, 1.82) is 0 Å². The minimum atomic E-state index is -4.63. The van der Waals surface area contributed by atoms with Crippen molar-refractivity contribution >= 4 is 22.9 Å². The van der Waals surface area contributed by atoms with Crippen molar-refractivity contribution in [3.63, 3.8) is 0 Å². The molecule has 1 aliphatic rings. The molecule has 4 heterocycles. The Morgan fingerprint density at radius 3 is 2.79 bits per heavy atom. The van der Waals surface area contributed by atoms with Crippen LogP contribution in [0.3, 0.4) is 0 Å². The fourth-order valence-corrected chi connectivity index (χ4v) is 3.79. The quantitative estimate of drug-likeness (QED) is 0.566. The molecule has 1 saturated heterocycles. The van der Waals surface area contributed by atoms with Crippen LogP contribution in [0.5, 0.6) is 0 Å². The van der Waals surface area contributed by atoms with Crippen LogP contribution in [0.15, 0.2) is 53.5 Å². The summed E-state index contributed by atoms with van der Waals surface area (Å²) in [7, 11) is 0. The number of hydrogen-bond donors (Lipinski definition) is 2. The fourth-order valence-electron chi connectivity index (χ4n) is 3.79. The number of aromatic nitrogens is 5. The van der Waals surface area contributed by atoms with Crippen LogP contribution >= 0.6 is 0 Å². The second kappa shape index (κ2) is 8.39. The zero-order valence-electron chi connectivity index (χ0n) is 18.1. The Morgan fingerprint density at radius 2 is 2.15 bits per heavy atom. The van der Waals surface area contributed by atoms with E-state index in [0.717, 1.165) is 12.2 Å². The Bertz CT molecular complexity index is 1280. The summed E-state index contributed by atoms with van der Waals surface area (Å²) >= 11 is 0. The van der Waals surface area contributed by atoms with Crippen molar-refractivity contribution in [2.24, 2.45) is 0 Å². The van der Waals surface area contributed by atoms with Crippen LogP contribution in [0.1, 0.15) is 19.4 Å². The summed E-state index contributed by atoms with van der Waals surface area (Å²) in [6, 6.07) is 3.13. The lowest BCUT2D eigenvalue weighted by Crippen LogP contribution is -2.53. The predicted octanol–water partition coefficient (Wildman–Crippen LogP) is 3.74. The normalized spacial score (nSPS) is 17.2. The highest BCUT2D eigenvalue weighted by atomic mass is 19.4. The third-order valence-electron chi connectivity index (χ3n) is 5.37. The van der Waals surface area contributed by atoms with Gasteiger partial charge in [0, 0.05) is 12.6 Å². The largest absolute Gasteiger partial charge is 0.416 e. The molecule has 8 nitrogen and oxygen atoms in total. The molecule has 0 spiro atoms. The first-order valence-corrected chi connectivity index (χ1v) is 10.2. The smallest absolute Gasteiger partial charge is 0.377 e. The zero-order chi connectivity index (χ0) is 23.8. The first-order chi connectivity index (χ1) is 15.6. The molecular formula is C22H23F3N6O2. The molecule has 0 aliphatic carbocycles. The summed E-state index contributed by atoms with van der Waals surface area (Å²) in [5.74, 6) is 0.856. The third kappa shape index (κ3) is 4.36. The molecule has 33 heavy (non-hydrogen) atoms. The number of ether oxygens (including phenoxy) is 1. The SMILES string of the molecule is C=C/C=C\C(=C\c1cc(N2CCOCC2(C)C)nc2c1c(=O)[nH]n2-c1ccn[nH]1)C(F)(F)F. The molecule has 3 aromatic rings. The molecule has 0 aromatic carbocycles. The van der Waals surface area contributed by atoms with E-state index in [2.05, 4.69) is 26.9 Å². The summed E-state index contributed by atoms with van der Waals surface area (Å²) in [5.41, 5.74) is -1.66. The molecule has 0 unspecified atom stereocenters. The molecule has 0 saturated carbocycles.